The van der Waals surface area contributed by atoms with Gasteiger partial charge >= 0.3 is 0 Å². The number of nitrogens with one attached hydrogen (secondary N) is 1. The van der Waals surface area contributed by atoms with Crippen LogP contribution in [0.3, 0.4) is 0 Å². The van der Waals surface area contributed by atoms with Crippen LogP contribution in [0.5, 0.6) is 0 Å². The molecule has 6 heteroatoms. The highest BCUT2D eigenvalue weighted by Crippen LogP contribution is 2.26. The van der Waals surface area contributed by atoms with E-state index in [1.807, 2.05) is 37.7 Å². The van der Waals surface area contributed by atoms with Crippen molar-refractivity contribution in [3.8, 4) is 0 Å². The number of aromatic nitrogens is 3. The van der Waals surface area contributed by atoms with Gasteiger partial charge in [-0.05, 0) is 31.0 Å². The Morgan fingerprint density at radius 3 is 2.80 bits per heavy atom. The summed E-state index contributed by atoms with van der Waals surface area (Å²) in [5.74, 6) is 5.70. The molecule has 0 saturated carbocycles. The van der Waals surface area contributed by atoms with Crippen molar-refractivity contribution in [2.75, 3.05) is 0 Å². The van der Waals surface area contributed by atoms with E-state index in [4.69, 9.17) is 17.4 Å². The molecule has 0 amide bonds. The van der Waals surface area contributed by atoms with E-state index in [2.05, 4.69) is 15.5 Å². The molecule has 0 fully saturated rings. The first-order valence-electron chi connectivity index (χ1n) is 6.65. The van der Waals surface area contributed by atoms with Crippen molar-refractivity contribution in [2.24, 2.45) is 12.9 Å². The minimum atomic E-state index is -0.0192. The van der Waals surface area contributed by atoms with Crippen LogP contribution in [-0.2, 0) is 19.9 Å². The lowest BCUT2D eigenvalue weighted by atomic mass is 10.0. The Bertz CT molecular complexity index is 593. The number of hydrogen-bond acceptors (Lipinski definition) is 4. The molecule has 20 heavy (non-hydrogen) atoms. The molecule has 0 bridgehead atoms. The molecule has 108 valence electrons. The second-order valence-electron chi connectivity index (χ2n) is 4.84. The van der Waals surface area contributed by atoms with Crippen molar-refractivity contribution in [1.82, 2.24) is 20.2 Å². The monoisotopic (exact) mass is 293 g/mol. The summed E-state index contributed by atoms with van der Waals surface area (Å²) in [6.45, 7) is 4.01. The first-order chi connectivity index (χ1) is 9.56. The van der Waals surface area contributed by atoms with Gasteiger partial charge in [0, 0.05) is 25.4 Å². The van der Waals surface area contributed by atoms with E-state index in [9.17, 15) is 0 Å². The van der Waals surface area contributed by atoms with E-state index in [0.717, 1.165) is 34.1 Å². The van der Waals surface area contributed by atoms with E-state index in [0.29, 0.717) is 6.42 Å². The Morgan fingerprint density at radius 2 is 2.25 bits per heavy atom. The van der Waals surface area contributed by atoms with Crippen LogP contribution in [0.15, 0.2) is 18.3 Å². The van der Waals surface area contributed by atoms with Gasteiger partial charge in [-0.15, -0.1) is 0 Å². The van der Waals surface area contributed by atoms with Gasteiger partial charge in [-0.25, -0.2) is 0 Å². The van der Waals surface area contributed by atoms with Crippen molar-refractivity contribution >= 4 is 11.6 Å². The summed E-state index contributed by atoms with van der Waals surface area (Å²) < 4.78 is 1.83. The van der Waals surface area contributed by atoms with E-state index >= 15 is 0 Å². The molecule has 2 heterocycles. The van der Waals surface area contributed by atoms with Crippen molar-refractivity contribution < 1.29 is 0 Å². The maximum atomic E-state index is 6.39. The molecule has 0 spiro atoms. The number of halogens is 1. The molecule has 0 aliphatic carbocycles. The smallest absolute Gasteiger partial charge is 0.0850 e. The molecular weight excluding hydrogens is 274 g/mol. The SMILES string of the molecule is CCc1nn(C)c(CC(NN)c2ccnc(C)c2)c1Cl. The standard InChI is InChI=1S/C14H20ClN5/c1-4-11-14(15)13(20(3)19-11)8-12(18-16)10-5-6-17-9(2)7-10/h5-7,12,18H,4,8,16H2,1-3H3. The largest absolute Gasteiger partial charge is 0.271 e. The van der Waals surface area contributed by atoms with Gasteiger partial charge in [0.05, 0.1) is 22.5 Å². The molecular formula is C14H20ClN5. The summed E-state index contributed by atoms with van der Waals surface area (Å²) in [4.78, 5) is 4.20. The molecule has 2 rings (SSSR count). The zero-order valence-corrected chi connectivity index (χ0v) is 12.8. The fourth-order valence-electron chi connectivity index (χ4n) is 2.29. The Morgan fingerprint density at radius 1 is 1.50 bits per heavy atom. The second-order valence-corrected chi connectivity index (χ2v) is 5.22. The van der Waals surface area contributed by atoms with Crippen LogP contribution in [0.4, 0.5) is 0 Å². The molecule has 2 aromatic heterocycles. The van der Waals surface area contributed by atoms with Crippen LogP contribution < -0.4 is 11.3 Å². The van der Waals surface area contributed by atoms with Crippen LogP contribution in [0.2, 0.25) is 5.02 Å². The molecule has 1 atom stereocenters. The number of pyridine rings is 1. The van der Waals surface area contributed by atoms with Crippen LogP contribution >= 0.6 is 11.6 Å². The van der Waals surface area contributed by atoms with Gasteiger partial charge in [0.2, 0.25) is 0 Å². The lowest BCUT2D eigenvalue weighted by Crippen LogP contribution is -2.30. The maximum absolute atomic E-state index is 6.39. The second kappa shape index (κ2) is 6.35. The van der Waals surface area contributed by atoms with Gasteiger partial charge in [-0.3, -0.25) is 20.9 Å². The average molecular weight is 294 g/mol. The molecule has 3 N–H and O–H groups in total. The van der Waals surface area contributed by atoms with Gasteiger partial charge in [-0.1, -0.05) is 18.5 Å². The van der Waals surface area contributed by atoms with Crippen molar-refractivity contribution in [1.29, 1.82) is 0 Å². The van der Waals surface area contributed by atoms with Crippen LogP contribution in [-0.4, -0.2) is 14.8 Å². The molecule has 0 aromatic carbocycles. The number of hydrazine groups is 1. The van der Waals surface area contributed by atoms with Crippen molar-refractivity contribution in [2.45, 2.75) is 32.7 Å². The third kappa shape index (κ3) is 3.00. The number of rotatable bonds is 5. The van der Waals surface area contributed by atoms with Gasteiger partial charge < -0.3 is 0 Å². The molecule has 0 aliphatic heterocycles. The average Bonchev–Trinajstić information content (AvgIpc) is 2.71. The summed E-state index contributed by atoms with van der Waals surface area (Å²) in [6, 6.07) is 3.97. The highest BCUT2D eigenvalue weighted by Gasteiger charge is 2.18. The zero-order valence-electron chi connectivity index (χ0n) is 12.0. The minimum absolute atomic E-state index is 0.0192. The number of nitrogens with two attached hydrogens (primary N) is 1. The first-order valence-corrected chi connectivity index (χ1v) is 7.03. The molecule has 2 aromatic rings. The fourth-order valence-corrected chi connectivity index (χ4v) is 2.66. The van der Waals surface area contributed by atoms with Gasteiger partial charge in [0.15, 0.2) is 0 Å². The Hall–Kier alpha value is -1.43. The number of aryl methyl sites for hydroxylation is 3. The van der Waals surface area contributed by atoms with E-state index in [1.54, 1.807) is 6.20 Å². The first kappa shape index (κ1) is 15.0. The fraction of sp³-hybridized carbons (Fsp3) is 0.429. The number of nitrogens with zero attached hydrogens (tertiary/aromatic N) is 3. The van der Waals surface area contributed by atoms with Crippen LogP contribution in [0.25, 0.3) is 0 Å². The molecule has 0 aliphatic rings. The number of hydrogen-bond donors (Lipinski definition) is 2. The van der Waals surface area contributed by atoms with Gasteiger partial charge in [0.1, 0.15) is 0 Å². The van der Waals surface area contributed by atoms with E-state index in [1.165, 1.54) is 0 Å². The highest BCUT2D eigenvalue weighted by molar-refractivity contribution is 6.31. The zero-order chi connectivity index (χ0) is 14.7. The maximum Gasteiger partial charge on any atom is 0.0850 e. The highest BCUT2D eigenvalue weighted by atomic mass is 35.5. The summed E-state index contributed by atoms with van der Waals surface area (Å²) >= 11 is 6.39. The minimum Gasteiger partial charge on any atom is -0.271 e. The lowest BCUT2D eigenvalue weighted by Gasteiger charge is -2.17. The van der Waals surface area contributed by atoms with Gasteiger partial charge in [-0.2, -0.15) is 5.10 Å². The molecule has 5 nitrogen and oxygen atoms in total. The summed E-state index contributed by atoms with van der Waals surface area (Å²) in [5, 5.41) is 5.17. The summed E-state index contributed by atoms with van der Waals surface area (Å²) in [5.41, 5.74) is 6.82. The van der Waals surface area contributed by atoms with Crippen molar-refractivity contribution in [3.05, 3.63) is 46.0 Å². The van der Waals surface area contributed by atoms with Crippen LogP contribution in [0.1, 0.15) is 35.6 Å². The summed E-state index contributed by atoms with van der Waals surface area (Å²) in [7, 11) is 1.91. The lowest BCUT2D eigenvalue weighted by molar-refractivity contribution is 0.529. The Labute approximate surface area is 124 Å². The topological polar surface area (TPSA) is 68.8 Å². The Balaban J connectivity index is 2.29. The molecule has 1 unspecified atom stereocenters. The predicted octanol–water partition coefficient (Wildman–Crippen LogP) is 2.09. The van der Waals surface area contributed by atoms with E-state index < -0.39 is 0 Å². The van der Waals surface area contributed by atoms with E-state index in [-0.39, 0.29) is 6.04 Å². The Kier molecular flexibility index (Phi) is 4.75. The molecule has 0 radical (unpaired) electrons. The van der Waals surface area contributed by atoms with Crippen LogP contribution in [0, 0.1) is 6.92 Å². The quantitative estimate of drug-likeness (QED) is 0.654. The summed E-state index contributed by atoms with van der Waals surface area (Å²) in [6.07, 6.45) is 3.29. The predicted molar refractivity (Wildman–Crippen MR) is 80.3 cm³/mol. The van der Waals surface area contributed by atoms with Crippen molar-refractivity contribution in [3.63, 3.8) is 0 Å². The third-order valence-electron chi connectivity index (χ3n) is 3.42. The molecule has 0 saturated heterocycles. The van der Waals surface area contributed by atoms with Gasteiger partial charge in [0.25, 0.3) is 0 Å². The third-order valence-corrected chi connectivity index (χ3v) is 3.86. The normalized spacial score (nSPS) is 12.7.